The normalized spacial score (nSPS) is 13.6. The molecule has 0 aromatic heterocycles. The third kappa shape index (κ3) is 4.45. The van der Waals surface area contributed by atoms with Crippen LogP contribution in [0.1, 0.15) is 30.5 Å². The summed E-state index contributed by atoms with van der Waals surface area (Å²) in [7, 11) is 0. The predicted molar refractivity (Wildman–Crippen MR) is 62.6 cm³/mol. The first-order valence-corrected chi connectivity index (χ1v) is 5.80. The number of hydrazine groups is 1. The van der Waals surface area contributed by atoms with Crippen molar-refractivity contribution in [2.24, 2.45) is 5.84 Å². The van der Waals surface area contributed by atoms with Gasteiger partial charge in [0.15, 0.2) is 0 Å². The van der Waals surface area contributed by atoms with Gasteiger partial charge in [-0.05, 0) is 31.0 Å². The Kier molecular flexibility index (Phi) is 5.71. The minimum atomic E-state index is -4.69. The summed E-state index contributed by atoms with van der Waals surface area (Å²) < 4.78 is 55.8. The number of ether oxygens (including phenoxy) is 1. The highest BCUT2D eigenvalue weighted by Crippen LogP contribution is 2.32. The molecule has 1 atom stereocenters. The highest BCUT2D eigenvalue weighted by atomic mass is 19.4. The Balaban J connectivity index is 2.86. The lowest BCUT2D eigenvalue weighted by Crippen LogP contribution is -2.29. The first kappa shape index (κ1) is 15.9. The van der Waals surface area contributed by atoms with E-state index in [-0.39, 0.29) is 0 Å². The van der Waals surface area contributed by atoms with E-state index in [1.54, 1.807) is 0 Å². The molecule has 0 aliphatic carbocycles. The number of alkyl halides is 3. The average Bonchev–Trinajstić information content (AvgIpc) is 2.33. The predicted octanol–water partition coefficient (Wildman–Crippen LogP) is 2.78. The van der Waals surface area contributed by atoms with Crippen LogP contribution in [0.2, 0.25) is 0 Å². The molecule has 0 aliphatic heterocycles. The van der Waals surface area contributed by atoms with E-state index in [2.05, 4.69) is 5.43 Å². The van der Waals surface area contributed by atoms with Gasteiger partial charge in [0.25, 0.3) is 0 Å². The summed E-state index contributed by atoms with van der Waals surface area (Å²) in [6.07, 6.45) is -4.26. The fraction of sp³-hybridized carbons (Fsp3) is 0.500. The number of nitrogens with one attached hydrogen (secondary N) is 1. The first-order chi connectivity index (χ1) is 8.90. The van der Waals surface area contributed by atoms with E-state index in [4.69, 9.17) is 10.6 Å². The van der Waals surface area contributed by atoms with Crippen LogP contribution in [-0.4, -0.2) is 13.2 Å². The fourth-order valence-electron chi connectivity index (χ4n) is 1.67. The van der Waals surface area contributed by atoms with Crippen LogP contribution in [0, 0.1) is 5.82 Å². The lowest BCUT2D eigenvalue weighted by atomic mass is 10.0. The van der Waals surface area contributed by atoms with E-state index in [1.807, 2.05) is 6.92 Å². The first-order valence-electron chi connectivity index (χ1n) is 5.80. The zero-order valence-corrected chi connectivity index (χ0v) is 10.4. The maximum Gasteiger partial charge on any atom is 0.419 e. The SMILES string of the molecule is CCOCCC(NN)c1ccc(C(F)(F)F)c(F)c1. The molecule has 1 rings (SSSR count). The van der Waals surface area contributed by atoms with Gasteiger partial charge in [0.2, 0.25) is 0 Å². The highest BCUT2D eigenvalue weighted by Gasteiger charge is 2.34. The van der Waals surface area contributed by atoms with Crippen molar-refractivity contribution in [1.29, 1.82) is 0 Å². The monoisotopic (exact) mass is 280 g/mol. The van der Waals surface area contributed by atoms with E-state index >= 15 is 0 Å². The molecule has 7 heteroatoms. The van der Waals surface area contributed by atoms with Crippen molar-refractivity contribution in [2.75, 3.05) is 13.2 Å². The summed E-state index contributed by atoms with van der Waals surface area (Å²) in [6.45, 7) is 2.73. The summed E-state index contributed by atoms with van der Waals surface area (Å²) >= 11 is 0. The van der Waals surface area contributed by atoms with Gasteiger partial charge in [0.1, 0.15) is 5.82 Å². The highest BCUT2D eigenvalue weighted by molar-refractivity contribution is 5.28. The van der Waals surface area contributed by atoms with Crippen molar-refractivity contribution in [3.63, 3.8) is 0 Å². The molecule has 0 saturated carbocycles. The van der Waals surface area contributed by atoms with Crippen LogP contribution in [0.4, 0.5) is 17.6 Å². The van der Waals surface area contributed by atoms with E-state index < -0.39 is 23.6 Å². The van der Waals surface area contributed by atoms with Crippen molar-refractivity contribution in [1.82, 2.24) is 5.43 Å². The van der Waals surface area contributed by atoms with Gasteiger partial charge in [0, 0.05) is 19.3 Å². The molecule has 0 radical (unpaired) electrons. The Bertz CT molecular complexity index is 409. The smallest absolute Gasteiger partial charge is 0.382 e. The second-order valence-electron chi connectivity index (χ2n) is 3.94. The van der Waals surface area contributed by atoms with Crippen molar-refractivity contribution >= 4 is 0 Å². The molecule has 1 aromatic rings. The molecule has 0 saturated heterocycles. The second kappa shape index (κ2) is 6.83. The van der Waals surface area contributed by atoms with E-state index in [0.29, 0.717) is 25.2 Å². The molecule has 0 amide bonds. The Labute approximate surface area is 108 Å². The van der Waals surface area contributed by atoms with E-state index in [1.165, 1.54) is 6.07 Å². The lowest BCUT2D eigenvalue weighted by Gasteiger charge is -2.17. The largest absolute Gasteiger partial charge is 0.419 e. The molecule has 19 heavy (non-hydrogen) atoms. The molecule has 0 bridgehead atoms. The molecular weight excluding hydrogens is 264 g/mol. The minimum Gasteiger partial charge on any atom is -0.382 e. The Hall–Kier alpha value is -1.18. The molecular formula is C12H16F4N2O. The lowest BCUT2D eigenvalue weighted by molar-refractivity contribution is -0.140. The molecule has 0 aliphatic rings. The number of nitrogens with two attached hydrogens (primary N) is 1. The average molecular weight is 280 g/mol. The van der Waals surface area contributed by atoms with Crippen LogP contribution in [0.15, 0.2) is 18.2 Å². The Morgan fingerprint density at radius 2 is 2.05 bits per heavy atom. The second-order valence-corrected chi connectivity index (χ2v) is 3.94. The molecule has 3 N–H and O–H groups in total. The zero-order valence-electron chi connectivity index (χ0n) is 10.4. The maximum atomic E-state index is 13.4. The minimum absolute atomic E-state index is 0.354. The number of halogens is 4. The van der Waals surface area contributed by atoms with Gasteiger partial charge in [-0.15, -0.1) is 0 Å². The summed E-state index contributed by atoms with van der Waals surface area (Å²) in [5.41, 5.74) is 1.51. The topological polar surface area (TPSA) is 47.3 Å². The molecule has 3 nitrogen and oxygen atoms in total. The fourth-order valence-corrected chi connectivity index (χ4v) is 1.67. The number of hydrogen-bond donors (Lipinski definition) is 2. The molecule has 108 valence electrons. The maximum absolute atomic E-state index is 13.4. The van der Waals surface area contributed by atoms with Crippen molar-refractivity contribution in [3.8, 4) is 0 Å². The van der Waals surface area contributed by atoms with Crippen LogP contribution in [-0.2, 0) is 10.9 Å². The molecule has 1 aromatic carbocycles. The third-order valence-electron chi connectivity index (χ3n) is 2.66. The van der Waals surface area contributed by atoms with Crippen LogP contribution in [0.3, 0.4) is 0 Å². The van der Waals surface area contributed by atoms with Crippen molar-refractivity contribution in [3.05, 3.63) is 35.1 Å². The van der Waals surface area contributed by atoms with Gasteiger partial charge in [-0.3, -0.25) is 11.3 Å². The van der Waals surface area contributed by atoms with E-state index in [9.17, 15) is 17.6 Å². The van der Waals surface area contributed by atoms with Gasteiger partial charge in [0.05, 0.1) is 5.56 Å². The molecule has 1 unspecified atom stereocenters. The van der Waals surface area contributed by atoms with Gasteiger partial charge in [-0.1, -0.05) is 6.07 Å². The van der Waals surface area contributed by atoms with Gasteiger partial charge >= 0.3 is 6.18 Å². The summed E-state index contributed by atoms with van der Waals surface area (Å²) in [4.78, 5) is 0. The van der Waals surface area contributed by atoms with Crippen LogP contribution in [0.5, 0.6) is 0 Å². The summed E-state index contributed by atoms with van der Waals surface area (Å²) in [5.74, 6) is 4.01. The van der Waals surface area contributed by atoms with Crippen molar-refractivity contribution in [2.45, 2.75) is 25.6 Å². The Morgan fingerprint density at radius 3 is 2.53 bits per heavy atom. The number of hydrogen-bond acceptors (Lipinski definition) is 3. The molecule has 0 heterocycles. The summed E-state index contributed by atoms with van der Waals surface area (Å²) in [5, 5.41) is 0. The summed E-state index contributed by atoms with van der Waals surface area (Å²) in [6, 6.07) is 2.32. The van der Waals surface area contributed by atoms with E-state index in [0.717, 1.165) is 12.1 Å². The number of benzene rings is 1. The van der Waals surface area contributed by atoms with Crippen LogP contribution < -0.4 is 11.3 Å². The third-order valence-corrected chi connectivity index (χ3v) is 2.66. The zero-order chi connectivity index (χ0) is 14.5. The molecule has 0 fully saturated rings. The molecule has 0 spiro atoms. The van der Waals surface area contributed by atoms with Gasteiger partial charge in [-0.2, -0.15) is 13.2 Å². The van der Waals surface area contributed by atoms with Crippen LogP contribution >= 0.6 is 0 Å². The van der Waals surface area contributed by atoms with Gasteiger partial charge in [-0.25, -0.2) is 4.39 Å². The van der Waals surface area contributed by atoms with Gasteiger partial charge < -0.3 is 4.74 Å². The van der Waals surface area contributed by atoms with Crippen LogP contribution in [0.25, 0.3) is 0 Å². The standard InChI is InChI=1S/C12H16F4N2O/c1-2-19-6-5-11(18-17)8-3-4-9(10(13)7-8)12(14,15)16/h3-4,7,11,18H,2,5-6,17H2,1H3. The quantitative estimate of drug-likeness (QED) is 0.364. The van der Waals surface area contributed by atoms with Crippen molar-refractivity contribution < 1.29 is 22.3 Å². The number of rotatable bonds is 6. The Morgan fingerprint density at radius 1 is 1.37 bits per heavy atom.